The lowest BCUT2D eigenvalue weighted by molar-refractivity contribution is -0.387. The van der Waals surface area contributed by atoms with Crippen molar-refractivity contribution in [2.45, 2.75) is 17.0 Å². The van der Waals surface area contributed by atoms with Gasteiger partial charge in [-0.3, -0.25) is 10.1 Å². The Morgan fingerprint density at radius 3 is 2.75 bits per heavy atom. The van der Waals surface area contributed by atoms with E-state index in [1.54, 1.807) is 0 Å². The Balaban J connectivity index is 2.29. The fourth-order valence-electron chi connectivity index (χ4n) is 2.12. The number of nitrogens with zero attached hydrogens (tertiary/aromatic N) is 1. The Labute approximate surface area is 116 Å². The van der Waals surface area contributed by atoms with Crippen molar-refractivity contribution in [2.75, 3.05) is 20.2 Å². The van der Waals surface area contributed by atoms with Gasteiger partial charge in [0.25, 0.3) is 5.69 Å². The fourth-order valence-corrected chi connectivity index (χ4v) is 3.55. The second kappa shape index (κ2) is 5.83. The minimum Gasteiger partial charge on any atom is -0.378 e. The number of sulfonamides is 1. The molecule has 0 unspecified atom stereocenters. The Bertz CT molecular complexity index is 604. The van der Waals surface area contributed by atoms with Gasteiger partial charge in [-0.1, -0.05) is 12.1 Å². The van der Waals surface area contributed by atoms with E-state index in [-0.39, 0.29) is 11.0 Å². The van der Waals surface area contributed by atoms with Gasteiger partial charge in [-0.05, 0) is 6.07 Å². The van der Waals surface area contributed by atoms with Gasteiger partial charge in [-0.15, -0.1) is 0 Å². The maximum atomic E-state index is 12.3. The summed E-state index contributed by atoms with van der Waals surface area (Å²) >= 11 is 0. The van der Waals surface area contributed by atoms with Crippen molar-refractivity contribution in [3.63, 3.8) is 0 Å². The number of ether oxygens (including phenoxy) is 1. The van der Waals surface area contributed by atoms with Crippen LogP contribution in [0.15, 0.2) is 29.2 Å². The number of hydrogen-bond acceptors (Lipinski definition) is 6. The normalized spacial score (nSPS) is 22.9. The van der Waals surface area contributed by atoms with Crippen LogP contribution in [0, 0.1) is 10.1 Å². The van der Waals surface area contributed by atoms with Crippen LogP contribution in [0.5, 0.6) is 0 Å². The summed E-state index contributed by atoms with van der Waals surface area (Å²) in [5, 5.41) is 13.9. The van der Waals surface area contributed by atoms with Crippen LogP contribution in [0.2, 0.25) is 0 Å². The molecule has 1 aromatic rings. The van der Waals surface area contributed by atoms with Crippen molar-refractivity contribution in [3.05, 3.63) is 34.4 Å². The third-order valence-electron chi connectivity index (χ3n) is 3.12. The number of nitrogens with one attached hydrogen (secondary N) is 2. The van der Waals surface area contributed by atoms with Gasteiger partial charge in [0.2, 0.25) is 10.0 Å². The third-order valence-corrected chi connectivity index (χ3v) is 4.66. The molecule has 1 aliphatic rings. The number of nitro groups is 1. The summed E-state index contributed by atoms with van der Waals surface area (Å²) in [4.78, 5) is 9.85. The molecule has 1 aromatic carbocycles. The lowest BCUT2D eigenvalue weighted by Gasteiger charge is -2.18. The van der Waals surface area contributed by atoms with Gasteiger partial charge >= 0.3 is 0 Å². The van der Waals surface area contributed by atoms with Gasteiger partial charge < -0.3 is 10.1 Å². The van der Waals surface area contributed by atoms with Crippen molar-refractivity contribution in [1.29, 1.82) is 0 Å². The van der Waals surface area contributed by atoms with Crippen molar-refractivity contribution < 1.29 is 18.1 Å². The van der Waals surface area contributed by atoms with E-state index in [4.69, 9.17) is 4.74 Å². The highest BCUT2D eigenvalue weighted by atomic mass is 32.2. The molecule has 20 heavy (non-hydrogen) atoms. The summed E-state index contributed by atoms with van der Waals surface area (Å²) < 4.78 is 32.2. The Morgan fingerprint density at radius 1 is 1.40 bits per heavy atom. The molecule has 0 saturated carbocycles. The molecule has 0 radical (unpaired) electrons. The monoisotopic (exact) mass is 301 g/mol. The standard InChI is InChI=1S/C11H15N3O5S/c1-19-10-7-12-6-8(10)13-20(17,18)11-5-3-2-4-9(11)14(15)16/h2-5,8,10,12-13H,6-7H2,1H3/t8-,10-/m0/s1. The van der Waals surface area contributed by atoms with Gasteiger partial charge in [0.1, 0.15) is 0 Å². The highest BCUT2D eigenvalue weighted by Gasteiger charge is 2.33. The van der Waals surface area contributed by atoms with E-state index in [1.165, 1.54) is 25.3 Å². The molecule has 1 aliphatic heterocycles. The number of benzene rings is 1. The van der Waals surface area contributed by atoms with Crippen LogP contribution >= 0.6 is 0 Å². The number of para-hydroxylation sites is 1. The van der Waals surface area contributed by atoms with Crippen molar-refractivity contribution in [3.8, 4) is 0 Å². The summed E-state index contributed by atoms with van der Waals surface area (Å²) in [6.07, 6.45) is -0.299. The molecule has 110 valence electrons. The SMILES string of the molecule is CO[C@H]1CNC[C@@H]1NS(=O)(=O)c1ccccc1[N+](=O)[O-]. The first-order valence-corrected chi connectivity index (χ1v) is 7.43. The van der Waals surface area contributed by atoms with Gasteiger partial charge in [-0.25, -0.2) is 13.1 Å². The highest BCUT2D eigenvalue weighted by molar-refractivity contribution is 7.89. The van der Waals surface area contributed by atoms with E-state index < -0.39 is 26.7 Å². The summed E-state index contributed by atoms with van der Waals surface area (Å²) in [6, 6.07) is 4.79. The molecule has 0 amide bonds. The minimum atomic E-state index is -3.97. The summed E-state index contributed by atoms with van der Waals surface area (Å²) in [6.45, 7) is 0.943. The van der Waals surface area contributed by atoms with E-state index in [2.05, 4.69) is 10.0 Å². The van der Waals surface area contributed by atoms with E-state index in [1.807, 2.05) is 0 Å². The van der Waals surface area contributed by atoms with Crippen LogP contribution in [-0.4, -0.2) is 45.7 Å². The van der Waals surface area contributed by atoms with Crippen molar-refractivity contribution >= 4 is 15.7 Å². The predicted octanol–water partition coefficient (Wildman–Crippen LogP) is -0.140. The second-order valence-corrected chi connectivity index (χ2v) is 6.07. The Kier molecular flexibility index (Phi) is 4.33. The number of hydrogen-bond donors (Lipinski definition) is 2. The van der Waals surface area contributed by atoms with Crippen LogP contribution in [0.4, 0.5) is 5.69 Å². The van der Waals surface area contributed by atoms with E-state index >= 15 is 0 Å². The maximum absolute atomic E-state index is 12.3. The molecule has 0 aliphatic carbocycles. The zero-order valence-electron chi connectivity index (χ0n) is 10.8. The molecule has 2 rings (SSSR count). The molecule has 8 nitrogen and oxygen atoms in total. The molecule has 1 heterocycles. The van der Waals surface area contributed by atoms with Crippen LogP contribution < -0.4 is 10.0 Å². The summed E-state index contributed by atoms with van der Waals surface area (Å²) in [5.41, 5.74) is -0.445. The van der Waals surface area contributed by atoms with Gasteiger partial charge in [0.15, 0.2) is 4.90 Å². The average molecular weight is 301 g/mol. The maximum Gasteiger partial charge on any atom is 0.289 e. The number of nitro benzene ring substituents is 1. The summed E-state index contributed by atoms with van der Waals surface area (Å²) in [5.74, 6) is 0. The molecular weight excluding hydrogens is 286 g/mol. The van der Waals surface area contributed by atoms with E-state index in [9.17, 15) is 18.5 Å². The van der Waals surface area contributed by atoms with Crippen molar-refractivity contribution in [2.24, 2.45) is 0 Å². The molecule has 0 bridgehead atoms. The van der Waals surface area contributed by atoms with Crippen LogP contribution in [-0.2, 0) is 14.8 Å². The van der Waals surface area contributed by atoms with Crippen LogP contribution in [0.1, 0.15) is 0 Å². The summed E-state index contributed by atoms with van der Waals surface area (Å²) in [7, 11) is -2.48. The van der Waals surface area contributed by atoms with E-state index in [0.717, 1.165) is 6.07 Å². The predicted molar refractivity (Wildman–Crippen MR) is 70.9 cm³/mol. The third kappa shape index (κ3) is 2.96. The Hall–Kier alpha value is -1.55. The smallest absolute Gasteiger partial charge is 0.289 e. The first-order valence-electron chi connectivity index (χ1n) is 5.95. The topological polar surface area (TPSA) is 111 Å². The van der Waals surface area contributed by atoms with Gasteiger partial charge in [0.05, 0.1) is 17.1 Å². The molecule has 1 saturated heterocycles. The molecule has 0 spiro atoms. The highest BCUT2D eigenvalue weighted by Crippen LogP contribution is 2.23. The largest absolute Gasteiger partial charge is 0.378 e. The van der Waals surface area contributed by atoms with Crippen LogP contribution in [0.3, 0.4) is 0 Å². The first-order chi connectivity index (χ1) is 9.45. The van der Waals surface area contributed by atoms with Crippen molar-refractivity contribution in [1.82, 2.24) is 10.0 Å². The molecule has 2 atom stereocenters. The van der Waals surface area contributed by atoms with Gasteiger partial charge in [-0.2, -0.15) is 0 Å². The van der Waals surface area contributed by atoms with Crippen LogP contribution in [0.25, 0.3) is 0 Å². The lowest BCUT2D eigenvalue weighted by Crippen LogP contribution is -2.43. The fraction of sp³-hybridized carbons (Fsp3) is 0.455. The molecular formula is C11H15N3O5S. The average Bonchev–Trinajstić information content (AvgIpc) is 2.85. The molecule has 2 N–H and O–H groups in total. The molecule has 1 fully saturated rings. The second-order valence-electron chi connectivity index (χ2n) is 4.39. The zero-order chi connectivity index (χ0) is 14.8. The number of rotatable bonds is 5. The minimum absolute atomic E-state index is 0.299. The number of methoxy groups -OCH3 is 1. The van der Waals surface area contributed by atoms with Gasteiger partial charge in [0, 0.05) is 26.3 Å². The lowest BCUT2D eigenvalue weighted by atomic mass is 10.2. The quantitative estimate of drug-likeness (QED) is 0.578. The molecule has 0 aromatic heterocycles. The molecule has 9 heteroatoms. The Morgan fingerprint density at radius 2 is 2.10 bits per heavy atom. The zero-order valence-corrected chi connectivity index (χ0v) is 11.6. The van der Waals surface area contributed by atoms with E-state index in [0.29, 0.717) is 13.1 Å². The first kappa shape index (κ1) is 14.9.